The molecule has 0 unspecified atom stereocenters. The van der Waals surface area contributed by atoms with Gasteiger partial charge in [0.15, 0.2) is 11.5 Å². The van der Waals surface area contributed by atoms with Crippen LogP contribution in [0.2, 0.25) is 0 Å². The average molecular weight is 301 g/mol. The Balaban J connectivity index is 2.36. The molecular weight excluding hydrogens is 286 g/mol. The molecule has 114 valence electrons. The van der Waals surface area contributed by atoms with Gasteiger partial charge in [0.05, 0.1) is 23.9 Å². The first-order valence-corrected chi connectivity index (χ1v) is 6.67. The van der Waals surface area contributed by atoms with Gasteiger partial charge in [0.1, 0.15) is 5.75 Å². The van der Waals surface area contributed by atoms with Gasteiger partial charge in [-0.1, -0.05) is 12.1 Å². The Morgan fingerprint density at radius 1 is 1.45 bits per heavy atom. The molecule has 1 heterocycles. The number of rotatable bonds is 6. The zero-order valence-corrected chi connectivity index (χ0v) is 12.0. The lowest BCUT2D eigenvalue weighted by Gasteiger charge is -2.10. The number of imidazole rings is 1. The largest absolute Gasteiger partial charge is 0.493 e. The number of unbranched alkanes of at least 4 members (excludes halogenated alkanes) is 1. The summed E-state index contributed by atoms with van der Waals surface area (Å²) in [5.41, 5.74) is 0.413. The van der Waals surface area contributed by atoms with E-state index in [1.807, 2.05) is 6.07 Å². The zero-order chi connectivity index (χ0) is 16.1. The summed E-state index contributed by atoms with van der Waals surface area (Å²) in [6.07, 6.45) is 0.969. The second kappa shape index (κ2) is 6.63. The van der Waals surface area contributed by atoms with Crippen LogP contribution >= 0.6 is 0 Å². The molecular formula is C15H15N3O4. The summed E-state index contributed by atoms with van der Waals surface area (Å²) in [7, 11) is 0. The highest BCUT2D eigenvalue weighted by Crippen LogP contribution is 2.30. The Kier molecular flexibility index (Phi) is 4.63. The predicted molar refractivity (Wildman–Crippen MR) is 76.9 cm³/mol. The number of carboxylic acids is 1. The van der Waals surface area contributed by atoms with E-state index in [1.165, 1.54) is 6.92 Å². The first-order valence-electron chi connectivity index (χ1n) is 6.67. The molecule has 0 aliphatic rings. The van der Waals surface area contributed by atoms with Crippen molar-refractivity contribution < 1.29 is 19.8 Å². The summed E-state index contributed by atoms with van der Waals surface area (Å²) < 4.78 is 6.15. The van der Waals surface area contributed by atoms with Crippen molar-refractivity contribution in [3.63, 3.8) is 0 Å². The van der Waals surface area contributed by atoms with Crippen molar-refractivity contribution in [2.45, 2.75) is 19.8 Å². The molecule has 2 N–H and O–H groups in total. The van der Waals surface area contributed by atoms with E-state index < -0.39 is 5.97 Å². The highest BCUT2D eigenvalue weighted by atomic mass is 16.5. The molecule has 0 aliphatic carbocycles. The molecule has 0 saturated carbocycles. The highest BCUT2D eigenvalue weighted by Gasteiger charge is 2.22. The van der Waals surface area contributed by atoms with Gasteiger partial charge < -0.3 is 15.1 Å². The third kappa shape index (κ3) is 3.01. The number of nitriles is 1. The third-order valence-electron chi connectivity index (χ3n) is 3.05. The molecule has 0 fully saturated rings. The Morgan fingerprint density at radius 2 is 2.18 bits per heavy atom. The first kappa shape index (κ1) is 15.4. The van der Waals surface area contributed by atoms with Crippen molar-refractivity contribution >= 4 is 5.97 Å². The maximum Gasteiger partial charge on any atom is 0.357 e. The van der Waals surface area contributed by atoms with E-state index in [9.17, 15) is 10.0 Å². The number of aryl methyl sites for hydroxylation is 1. The molecule has 2 rings (SSSR count). The smallest absolute Gasteiger partial charge is 0.357 e. The van der Waals surface area contributed by atoms with Crippen LogP contribution in [-0.4, -0.2) is 32.6 Å². The molecule has 0 saturated heterocycles. The topological polar surface area (TPSA) is 108 Å². The molecule has 7 heteroatoms. The minimum atomic E-state index is -1.26. The van der Waals surface area contributed by atoms with Crippen LogP contribution in [0.1, 0.15) is 29.0 Å². The van der Waals surface area contributed by atoms with Gasteiger partial charge in [-0.15, -0.1) is 0 Å². The number of hydrogen-bond donors (Lipinski definition) is 2. The van der Waals surface area contributed by atoms with Crippen molar-refractivity contribution in [1.82, 2.24) is 9.71 Å². The summed E-state index contributed by atoms with van der Waals surface area (Å²) in [6, 6.07) is 8.91. The van der Waals surface area contributed by atoms with Gasteiger partial charge in [-0.05, 0) is 25.5 Å². The maximum atomic E-state index is 11.1. The Hall–Kier alpha value is -3.01. The molecule has 0 atom stereocenters. The number of ether oxygens (including phenoxy) is 1. The molecule has 0 aliphatic heterocycles. The Labute approximate surface area is 127 Å². The average Bonchev–Trinajstić information content (AvgIpc) is 2.79. The van der Waals surface area contributed by atoms with Crippen LogP contribution in [0.4, 0.5) is 0 Å². The normalized spacial score (nSPS) is 10.2. The van der Waals surface area contributed by atoms with E-state index in [1.54, 1.807) is 24.3 Å². The van der Waals surface area contributed by atoms with Crippen LogP contribution in [0.25, 0.3) is 11.4 Å². The van der Waals surface area contributed by atoms with Crippen LogP contribution in [0, 0.1) is 18.3 Å². The lowest BCUT2D eigenvalue weighted by molar-refractivity contribution is 0.0645. The number of aromatic nitrogens is 2. The van der Waals surface area contributed by atoms with E-state index in [-0.39, 0.29) is 17.2 Å². The summed E-state index contributed by atoms with van der Waals surface area (Å²) in [4.78, 5) is 15.2. The maximum absolute atomic E-state index is 11.1. The summed E-state index contributed by atoms with van der Waals surface area (Å²) in [5.74, 6) is -0.686. The lowest BCUT2D eigenvalue weighted by atomic mass is 10.2. The number of para-hydroxylation sites is 1. The molecule has 1 aromatic heterocycles. The van der Waals surface area contributed by atoms with Gasteiger partial charge in [0.2, 0.25) is 0 Å². The standard InChI is InChI=1S/C15H15N3O4/c1-10-13(15(19)20)18(21)14(17-10)11-6-2-3-7-12(11)22-9-5-4-8-16/h2-3,6-7,21H,4-5,9H2,1H3,(H,19,20). The molecule has 0 amide bonds. The summed E-state index contributed by atoms with van der Waals surface area (Å²) in [6.45, 7) is 1.86. The molecule has 0 bridgehead atoms. The molecule has 22 heavy (non-hydrogen) atoms. The lowest BCUT2D eigenvalue weighted by Crippen LogP contribution is -2.08. The Morgan fingerprint density at radius 3 is 2.82 bits per heavy atom. The predicted octanol–water partition coefficient (Wildman–Crippen LogP) is 2.48. The van der Waals surface area contributed by atoms with Crippen molar-refractivity contribution in [2.75, 3.05) is 6.61 Å². The number of hydrogen-bond acceptors (Lipinski definition) is 5. The highest BCUT2D eigenvalue weighted by molar-refractivity contribution is 5.88. The van der Waals surface area contributed by atoms with Gasteiger partial charge in [-0.3, -0.25) is 0 Å². The zero-order valence-electron chi connectivity index (χ0n) is 12.0. The van der Waals surface area contributed by atoms with E-state index in [4.69, 9.17) is 15.1 Å². The van der Waals surface area contributed by atoms with Gasteiger partial charge in [-0.2, -0.15) is 9.99 Å². The molecule has 0 radical (unpaired) electrons. The number of carboxylic acid groups (broad SMARTS) is 1. The van der Waals surface area contributed by atoms with Gasteiger partial charge in [0.25, 0.3) is 0 Å². The Bertz CT molecular complexity index is 731. The van der Waals surface area contributed by atoms with Gasteiger partial charge >= 0.3 is 5.97 Å². The van der Waals surface area contributed by atoms with Crippen molar-refractivity contribution in [3.05, 3.63) is 35.7 Å². The van der Waals surface area contributed by atoms with E-state index in [0.29, 0.717) is 35.5 Å². The minimum Gasteiger partial charge on any atom is -0.493 e. The number of nitrogens with zero attached hydrogens (tertiary/aromatic N) is 3. The van der Waals surface area contributed by atoms with Crippen molar-refractivity contribution in [2.24, 2.45) is 0 Å². The van der Waals surface area contributed by atoms with Gasteiger partial charge in [-0.25, -0.2) is 9.78 Å². The quantitative estimate of drug-likeness (QED) is 0.626. The third-order valence-corrected chi connectivity index (χ3v) is 3.05. The monoisotopic (exact) mass is 301 g/mol. The molecule has 2 aromatic rings. The second-order valence-corrected chi connectivity index (χ2v) is 4.59. The van der Waals surface area contributed by atoms with Crippen LogP contribution in [0.3, 0.4) is 0 Å². The van der Waals surface area contributed by atoms with Crippen LogP contribution in [-0.2, 0) is 0 Å². The fourth-order valence-corrected chi connectivity index (χ4v) is 2.05. The summed E-state index contributed by atoms with van der Waals surface area (Å²) in [5, 5.41) is 27.6. The van der Waals surface area contributed by atoms with Crippen molar-refractivity contribution in [1.29, 1.82) is 5.26 Å². The number of benzene rings is 1. The summed E-state index contributed by atoms with van der Waals surface area (Å²) >= 11 is 0. The number of carbonyl (C=O) groups is 1. The van der Waals surface area contributed by atoms with Crippen LogP contribution < -0.4 is 4.74 Å². The fraction of sp³-hybridized carbons (Fsp3) is 0.267. The van der Waals surface area contributed by atoms with E-state index >= 15 is 0 Å². The molecule has 0 spiro atoms. The van der Waals surface area contributed by atoms with Crippen molar-refractivity contribution in [3.8, 4) is 23.2 Å². The van der Waals surface area contributed by atoms with E-state index in [0.717, 1.165) is 0 Å². The first-order chi connectivity index (χ1) is 10.6. The minimum absolute atomic E-state index is 0.103. The second-order valence-electron chi connectivity index (χ2n) is 4.59. The van der Waals surface area contributed by atoms with Gasteiger partial charge in [0, 0.05) is 6.42 Å². The van der Waals surface area contributed by atoms with E-state index in [2.05, 4.69) is 4.98 Å². The number of aromatic carboxylic acids is 1. The van der Waals surface area contributed by atoms with Crippen LogP contribution in [0.5, 0.6) is 5.75 Å². The SMILES string of the molecule is Cc1nc(-c2ccccc2OCCCC#N)n(O)c1C(=O)O. The molecule has 7 nitrogen and oxygen atoms in total. The fourth-order valence-electron chi connectivity index (χ4n) is 2.05. The van der Waals surface area contributed by atoms with Crippen LogP contribution in [0.15, 0.2) is 24.3 Å². The molecule has 1 aromatic carbocycles.